The zero-order chi connectivity index (χ0) is 22.6. The van der Waals surface area contributed by atoms with E-state index in [1.54, 1.807) is 0 Å². The molecule has 0 aliphatic rings. The van der Waals surface area contributed by atoms with Crippen molar-refractivity contribution in [3.63, 3.8) is 0 Å². The molecular formula is C20H22N4O7. The SMILES string of the molecule is COC(=O)c1cccc(C(=O)NCCOCCNC(=O)c2cccc(C(=O)OC)n2)n1. The highest BCUT2D eigenvalue weighted by atomic mass is 16.5. The summed E-state index contributed by atoms with van der Waals surface area (Å²) in [5, 5.41) is 5.22. The maximum absolute atomic E-state index is 12.1. The van der Waals surface area contributed by atoms with Gasteiger partial charge in [0.25, 0.3) is 11.8 Å². The smallest absolute Gasteiger partial charge is 0.356 e. The molecule has 2 aromatic heterocycles. The lowest BCUT2D eigenvalue weighted by Gasteiger charge is -2.08. The van der Waals surface area contributed by atoms with E-state index in [0.717, 1.165) is 0 Å². The Morgan fingerprint density at radius 2 is 1.10 bits per heavy atom. The normalized spacial score (nSPS) is 10.1. The number of ether oxygens (including phenoxy) is 3. The quantitative estimate of drug-likeness (QED) is 0.399. The Bertz CT molecular complexity index is 873. The molecule has 2 aromatic rings. The number of nitrogens with one attached hydrogen (secondary N) is 2. The second kappa shape index (κ2) is 12.0. The van der Waals surface area contributed by atoms with E-state index in [9.17, 15) is 19.2 Å². The number of nitrogens with zero attached hydrogens (tertiary/aromatic N) is 2. The Hall–Kier alpha value is -3.86. The Balaban J connectivity index is 1.66. The van der Waals surface area contributed by atoms with Crippen LogP contribution in [0.15, 0.2) is 36.4 Å². The summed E-state index contributed by atoms with van der Waals surface area (Å²) in [5.41, 5.74) is 0.233. The van der Waals surface area contributed by atoms with E-state index in [-0.39, 0.29) is 49.1 Å². The van der Waals surface area contributed by atoms with Gasteiger partial charge >= 0.3 is 11.9 Å². The van der Waals surface area contributed by atoms with E-state index >= 15 is 0 Å². The van der Waals surface area contributed by atoms with Crippen molar-refractivity contribution < 1.29 is 33.4 Å². The summed E-state index contributed by atoms with van der Waals surface area (Å²) in [5.74, 6) is -2.18. The van der Waals surface area contributed by atoms with Crippen LogP contribution >= 0.6 is 0 Å². The van der Waals surface area contributed by atoms with Gasteiger partial charge in [-0.1, -0.05) is 12.1 Å². The number of carbonyl (C=O) groups excluding carboxylic acids is 4. The van der Waals surface area contributed by atoms with Crippen LogP contribution in [0.5, 0.6) is 0 Å². The first kappa shape index (κ1) is 23.4. The van der Waals surface area contributed by atoms with Crippen LogP contribution in [0.4, 0.5) is 0 Å². The van der Waals surface area contributed by atoms with Crippen LogP contribution in [0.3, 0.4) is 0 Å². The summed E-state index contributed by atoms with van der Waals surface area (Å²) < 4.78 is 14.5. The molecule has 0 atom stereocenters. The molecule has 0 bridgehead atoms. The van der Waals surface area contributed by atoms with Gasteiger partial charge < -0.3 is 24.8 Å². The van der Waals surface area contributed by atoms with Crippen LogP contribution in [0.1, 0.15) is 42.0 Å². The van der Waals surface area contributed by atoms with E-state index < -0.39 is 23.8 Å². The number of esters is 2. The molecule has 0 aromatic carbocycles. The van der Waals surface area contributed by atoms with E-state index in [4.69, 9.17) is 4.74 Å². The van der Waals surface area contributed by atoms with E-state index in [2.05, 4.69) is 30.1 Å². The number of amides is 2. The van der Waals surface area contributed by atoms with Crippen molar-refractivity contribution in [1.82, 2.24) is 20.6 Å². The highest BCUT2D eigenvalue weighted by molar-refractivity contribution is 5.95. The molecule has 2 N–H and O–H groups in total. The molecule has 0 aliphatic heterocycles. The van der Waals surface area contributed by atoms with Gasteiger partial charge in [0.2, 0.25) is 0 Å². The molecule has 164 valence electrons. The first-order valence-corrected chi connectivity index (χ1v) is 9.21. The number of carbonyl (C=O) groups is 4. The van der Waals surface area contributed by atoms with Gasteiger partial charge in [-0.15, -0.1) is 0 Å². The predicted molar refractivity (Wildman–Crippen MR) is 107 cm³/mol. The van der Waals surface area contributed by atoms with Crippen molar-refractivity contribution in [1.29, 1.82) is 0 Å². The van der Waals surface area contributed by atoms with Gasteiger partial charge in [-0.3, -0.25) is 9.59 Å². The standard InChI is InChI=1S/C20H22N4O7/c1-29-19(27)15-7-3-5-13(23-15)17(25)21-9-11-31-12-10-22-18(26)14-6-4-8-16(24-14)20(28)30-2/h3-8H,9-12H2,1-2H3,(H,21,25)(H,22,26). The Labute approximate surface area is 178 Å². The van der Waals surface area contributed by atoms with E-state index in [1.807, 2.05) is 0 Å². The average molecular weight is 430 g/mol. The molecule has 0 radical (unpaired) electrons. The summed E-state index contributed by atoms with van der Waals surface area (Å²) >= 11 is 0. The summed E-state index contributed by atoms with van der Waals surface area (Å²) in [6, 6.07) is 8.90. The van der Waals surface area contributed by atoms with E-state index in [0.29, 0.717) is 0 Å². The fraction of sp³-hybridized carbons (Fsp3) is 0.300. The van der Waals surface area contributed by atoms with Gasteiger partial charge in [0, 0.05) is 13.1 Å². The molecule has 0 spiro atoms. The highest BCUT2D eigenvalue weighted by Crippen LogP contribution is 2.02. The lowest BCUT2D eigenvalue weighted by Crippen LogP contribution is -2.31. The fourth-order valence-electron chi connectivity index (χ4n) is 2.32. The third-order valence-corrected chi connectivity index (χ3v) is 3.82. The van der Waals surface area contributed by atoms with Crippen molar-refractivity contribution in [2.75, 3.05) is 40.5 Å². The van der Waals surface area contributed by atoms with Crippen molar-refractivity contribution >= 4 is 23.8 Å². The summed E-state index contributed by atoms with van der Waals surface area (Å²) in [6.07, 6.45) is 0. The molecule has 11 nitrogen and oxygen atoms in total. The third-order valence-electron chi connectivity index (χ3n) is 3.82. The maximum Gasteiger partial charge on any atom is 0.356 e. The highest BCUT2D eigenvalue weighted by Gasteiger charge is 2.13. The number of hydrogen-bond donors (Lipinski definition) is 2. The van der Waals surface area contributed by atoms with Gasteiger partial charge in [-0.25, -0.2) is 19.6 Å². The molecule has 31 heavy (non-hydrogen) atoms. The zero-order valence-corrected chi connectivity index (χ0v) is 17.0. The molecule has 2 rings (SSSR count). The van der Waals surface area contributed by atoms with Crippen molar-refractivity contribution in [3.8, 4) is 0 Å². The molecular weight excluding hydrogens is 408 g/mol. The van der Waals surface area contributed by atoms with Gasteiger partial charge in [-0.2, -0.15) is 0 Å². The molecule has 0 aliphatic carbocycles. The maximum atomic E-state index is 12.1. The number of pyridine rings is 2. The van der Waals surface area contributed by atoms with Gasteiger partial charge in [0.1, 0.15) is 22.8 Å². The topological polar surface area (TPSA) is 146 Å². The largest absolute Gasteiger partial charge is 0.464 e. The molecule has 11 heteroatoms. The van der Waals surface area contributed by atoms with Crippen LogP contribution in [0.25, 0.3) is 0 Å². The minimum absolute atomic E-state index is 0.0359. The second-order valence-corrected chi connectivity index (χ2v) is 5.92. The lowest BCUT2D eigenvalue weighted by molar-refractivity contribution is 0.0584. The van der Waals surface area contributed by atoms with Crippen molar-refractivity contribution in [3.05, 3.63) is 59.2 Å². The zero-order valence-electron chi connectivity index (χ0n) is 17.0. The number of methoxy groups -OCH3 is 2. The second-order valence-electron chi connectivity index (χ2n) is 5.92. The first-order chi connectivity index (χ1) is 15.0. The van der Waals surface area contributed by atoms with Gasteiger partial charge in [0.15, 0.2) is 0 Å². The Morgan fingerprint density at radius 1 is 0.710 bits per heavy atom. The van der Waals surface area contributed by atoms with Gasteiger partial charge in [-0.05, 0) is 24.3 Å². The first-order valence-electron chi connectivity index (χ1n) is 9.21. The van der Waals surface area contributed by atoms with Crippen molar-refractivity contribution in [2.45, 2.75) is 0 Å². The van der Waals surface area contributed by atoms with Crippen LogP contribution in [-0.4, -0.2) is 74.2 Å². The Kier molecular flexibility index (Phi) is 9.05. The van der Waals surface area contributed by atoms with Crippen LogP contribution < -0.4 is 10.6 Å². The summed E-state index contributed by atoms with van der Waals surface area (Å²) in [4.78, 5) is 54.9. The minimum atomic E-state index is -0.632. The lowest BCUT2D eigenvalue weighted by atomic mass is 10.3. The predicted octanol–water partition coefficient (Wildman–Crippen LogP) is 0.226. The molecule has 0 fully saturated rings. The Morgan fingerprint density at radius 3 is 1.48 bits per heavy atom. The third kappa shape index (κ3) is 7.16. The van der Waals surface area contributed by atoms with Crippen LogP contribution in [0.2, 0.25) is 0 Å². The monoisotopic (exact) mass is 430 g/mol. The fourth-order valence-corrected chi connectivity index (χ4v) is 2.32. The molecule has 0 saturated heterocycles. The summed E-state index contributed by atoms with van der Waals surface area (Å²) in [7, 11) is 2.46. The van der Waals surface area contributed by atoms with Gasteiger partial charge in [0.05, 0.1) is 27.4 Å². The summed E-state index contributed by atoms with van der Waals surface area (Å²) in [6.45, 7) is 0.821. The minimum Gasteiger partial charge on any atom is -0.464 e. The molecule has 2 heterocycles. The molecule has 0 saturated carbocycles. The van der Waals surface area contributed by atoms with Crippen LogP contribution in [0, 0.1) is 0 Å². The van der Waals surface area contributed by atoms with E-state index in [1.165, 1.54) is 50.6 Å². The van der Waals surface area contributed by atoms with Crippen LogP contribution in [-0.2, 0) is 14.2 Å². The number of rotatable bonds is 10. The number of aromatic nitrogens is 2. The number of hydrogen-bond acceptors (Lipinski definition) is 9. The molecule has 0 unspecified atom stereocenters. The molecule has 2 amide bonds. The van der Waals surface area contributed by atoms with Crippen molar-refractivity contribution in [2.24, 2.45) is 0 Å². The average Bonchev–Trinajstić information content (AvgIpc) is 2.82.